The highest BCUT2D eigenvalue weighted by Gasteiger charge is 2.24. The summed E-state index contributed by atoms with van der Waals surface area (Å²) >= 11 is 0. The molecule has 2 heterocycles. The second-order valence-corrected chi connectivity index (χ2v) is 6.42. The third-order valence-electron chi connectivity index (χ3n) is 4.51. The van der Waals surface area contributed by atoms with Gasteiger partial charge in [0.2, 0.25) is 11.9 Å². The van der Waals surface area contributed by atoms with Crippen LogP contribution in [0.25, 0.3) is 0 Å². The first-order valence-electron chi connectivity index (χ1n) is 9.28. The number of rotatable bonds is 8. The van der Waals surface area contributed by atoms with Crippen LogP contribution >= 0.6 is 0 Å². The quantitative estimate of drug-likeness (QED) is 0.738. The molecule has 6 heteroatoms. The normalized spacial score (nSPS) is 17.1. The Labute approximate surface area is 154 Å². The minimum atomic E-state index is -0.0102. The third kappa shape index (κ3) is 5.52. The molecule has 1 aromatic carbocycles. The van der Waals surface area contributed by atoms with Crippen molar-refractivity contribution in [3.05, 3.63) is 54.4 Å². The van der Waals surface area contributed by atoms with E-state index in [0.29, 0.717) is 32.1 Å². The Morgan fingerprint density at radius 1 is 1.12 bits per heavy atom. The summed E-state index contributed by atoms with van der Waals surface area (Å²) in [4.78, 5) is 22.7. The van der Waals surface area contributed by atoms with E-state index in [2.05, 4.69) is 27.4 Å². The lowest BCUT2D eigenvalue weighted by atomic mass is 10.1. The minimum absolute atomic E-state index is 0.0102. The van der Waals surface area contributed by atoms with E-state index in [1.165, 1.54) is 0 Å². The Hall–Kier alpha value is -2.47. The monoisotopic (exact) mass is 354 g/mol. The standard InChI is InChI=1S/C20H26N4O2/c25-19(10-5-2-6-11-21-20-22-12-7-13-23-20)24-14-15-26-18(16-24)17-8-3-1-4-9-17/h1,3-4,7-9,12-13,18H,2,5-6,10-11,14-16H2,(H,21,22,23)/t18-/m1/s1. The highest BCUT2D eigenvalue weighted by molar-refractivity contribution is 5.76. The van der Waals surface area contributed by atoms with E-state index in [9.17, 15) is 4.79 Å². The van der Waals surface area contributed by atoms with Crippen molar-refractivity contribution in [2.45, 2.75) is 31.8 Å². The van der Waals surface area contributed by atoms with E-state index in [1.54, 1.807) is 18.5 Å². The topological polar surface area (TPSA) is 67.4 Å². The third-order valence-corrected chi connectivity index (χ3v) is 4.51. The van der Waals surface area contributed by atoms with Gasteiger partial charge in [0.05, 0.1) is 13.2 Å². The number of nitrogens with zero attached hydrogens (tertiary/aromatic N) is 3. The van der Waals surface area contributed by atoms with Crippen molar-refractivity contribution < 1.29 is 9.53 Å². The van der Waals surface area contributed by atoms with Crippen LogP contribution in [0.1, 0.15) is 37.4 Å². The summed E-state index contributed by atoms with van der Waals surface area (Å²) in [7, 11) is 0. The number of unbranched alkanes of at least 4 members (excludes halogenated alkanes) is 2. The van der Waals surface area contributed by atoms with Crippen LogP contribution < -0.4 is 5.32 Å². The van der Waals surface area contributed by atoms with Crippen LogP contribution in [0.4, 0.5) is 5.95 Å². The zero-order valence-electron chi connectivity index (χ0n) is 15.0. The molecule has 2 aromatic rings. The zero-order valence-corrected chi connectivity index (χ0v) is 15.0. The number of morpholine rings is 1. The van der Waals surface area contributed by atoms with Crippen molar-refractivity contribution in [3.63, 3.8) is 0 Å². The van der Waals surface area contributed by atoms with Crippen LogP contribution in [0.2, 0.25) is 0 Å². The van der Waals surface area contributed by atoms with E-state index >= 15 is 0 Å². The summed E-state index contributed by atoms with van der Waals surface area (Å²) < 4.78 is 5.83. The Bertz CT molecular complexity index is 666. The van der Waals surface area contributed by atoms with E-state index in [-0.39, 0.29) is 12.0 Å². The maximum absolute atomic E-state index is 12.5. The first-order valence-corrected chi connectivity index (χ1v) is 9.28. The van der Waals surface area contributed by atoms with E-state index in [0.717, 1.165) is 31.4 Å². The van der Waals surface area contributed by atoms with Crippen molar-refractivity contribution in [1.82, 2.24) is 14.9 Å². The second-order valence-electron chi connectivity index (χ2n) is 6.42. The number of anilines is 1. The Morgan fingerprint density at radius 2 is 1.92 bits per heavy atom. The van der Waals surface area contributed by atoms with Crippen molar-refractivity contribution >= 4 is 11.9 Å². The van der Waals surface area contributed by atoms with Gasteiger partial charge in [-0.2, -0.15) is 0 Å². The van der Waals surface area contributed by atoms with Gasteiger partial charge in [-0.25, -0.2) is 9.97 Å². The number of carbonyl (C=O) groups is 1. The molecule has 1 fully saturated rings. The first kappa shape index (κ1) is 18.3. The van der Waals surface area contributed by atoms with Gasteiger partial charge >= 0.3 is 0 Å². The second kappa shape index (κ2) is 9.87. The summed E-state index contributed by atoms with van der Waals surface area (Å²) in [6, 6.07) is 11.9. The summed E-state index contributed by atoms with van der Waals surface area (Å²) in [5, 5.41) is 3.19. The SMILES string of the molecule is O=C(CCCCCNc1ncccn1)N1CCO[C@@H](c2ccccc2)C1. The molecule has 0 radical (unpaired) electrons. The molecule has 0 spiro atoms. The number of hydrogen-bond acceptors (Lipinski definition) is 5. The lowest BCUT2D eigenvalue weighted by Crippen LogP contribution is -2.42. The van der Waals surface area contributed by atoms with Gasteiger partial charge in [0, 0.05) is 31.9 Å². The van der Waals surface area contributed by atoms with Crippen molar-refractivity contribution in [2.75, 3.05) is 31.6 Å². The minimum Gasteiger partial charge on any atom is -0.370 e. The summed E-state index contributed by atoms with van der Waals surface area (Å²) in [6.07, 6.45) is 6.95. The van der Waals surface area contributed by atoms with Gasteiger partial charge in [0.1, 0.15) is 6.10 Å². The molecule has 1 amide bonds. The number of hydrogen-bond donors (Lipinski definition) is 1. The lowest BCUT2D eigenvalue weighted by Gasteiger charge is -2.33. The predicted octanol–water partition coefficient (Wildman–Crippen LogP) is 3.05. The number of nitrogens with one attached hydrogen (secondary N) is 1. The van der Waals surface area contributed by atoms with Crippen molar-refractivity contribution in [1.29, 1.82) is 0 Å². The fourth-order valence-corrected chi connectivity index (χ4v) is 3.07. The molecule has 1 aliphatic rings. The van der Waals surface area contributed by atoms with Gasteiger partial charge < -0.3 is 15.0 Å². The average Bonchev–Trinajstić information content (AvgIpc) is 2.72. The fraction of sp³-hybridized carbons (Fsp3) is 0.450. The van der Waals surface area contributed by atoms with Gasteiger partial charge in [0.15, 0.2) is 0 Å². The molecule has 1 aliphatic heterocycles. The van der Waals surface area contributed by atoms with Gasteiger partial charge in [0.25, 0.3) is 0 Å². The maximum Gasteiger partial charge on any atom is 0.222 e. The van der Waals surface area contributed by atoms with Crippen LogP contribution in [0.3, 0.4) is 0 Å². The number of carbonyl (C=O) groups excluding carboxylic acids is 1. The van der Waals surface area contributed by atoms with E-state index < -0.39 is 0 Å². The molecule has 1 N–H and O–H groups in total. The number of aromatic nitrogens is 2. The molecular formula is C20H26N4O2. The molecule has 3 rings (SSSR count). The van der Waals surface area contributed by atoms with Crippen molar-refractivity contribution in [3.8, 4) is 0 Å². The van der Waals surface area contributed by atoms with Crippen LogP contribution in [0.15, 0.2) is 48.8 Å². The molecule has 138 valence electrons. The lowest BCUT2D eigenvalue weighted by molar-refractivity contribution is -0.139. The predicted molar refractivity (Wildman–Crippen MR) is 101 cm³/mol. The molecule has 1 atom stereocenters. The van der Waals surface area contributed by atoms with Crippen LogP contribution in [-0.2, 0) is 9.53 Å². The zero-order chi connectivity index (χ0) is 18.0. The van der Waals surface area contributed by atoms with Gasteiger partial charge in [-0.05, 0) is 24.5 Å². The molecule has 0 aliphatic carbocycles. The average molecular weight is 354 g/mol. The van der Waals surface area contributed by atoms with Gasteiger partial charge in [-0.15, -0.1) is 0 Å². The molecule has 26 heavy (non-hydrogen) atoms. The Morgan fingerprint density at radius 3 is 2.73 bits per heavy atom. The van der Waals surface area contributed by atoms with Crippen LogP contribution in [0, 0.1) is 0 Å². The summed E-state index contributed by atoms with van der Waals surface area (Å²) in [5.74, 6) is 0.887. The Kier molecular flexibility index (Phi) is 6.96. The molecular weight excluding hydrogens is 328 g/mol. The largest absolute Gasteiger partial charge is 0.370 e. The molecule has 1 aromatic heterocycles. The Balaban J connectivity index is 1.33. The number of amides is 1. The molecule has 1 saturated heterocycles. The van der Waals surface area contributed by atoms with Crippen LogP contribution in [0.5, 0.6) is 0 Å². The van der Waals surface area contributed by atoms with Gasteiger partial charge in [-0.1, -0.05) is 36.8 Å². The summed E-state index contributed by atoms with van der Waals surface area (Å²) in [6.45, 7) is 2.77. The molecule has 0 bridgehead atoms. The maximum atomic E-state index is 12.5. The van der Waals surface area contributed by atoms with E-state index in [4.69, 9.17) is 4.74 Å². The highest BCUT2D eigenvalue weighted by Crippen LogP contribution is 2.22. The van der Waals surface area contributed by atoms with Gasteiger partial charge in [-0.3, -0.25) is 4.79 Å². The molecule has 0 saturated carbocycles. The summed E-state index contributed by atoms with van der Waals surface area (Å²) in [5.41, 5.74) is 1.14. The molecule has 0 unspecified atom stereocenters. The number of ether oxygens (including phenoxy) is 1. The molecule has 6 nitrogen and oxygen atoms in total. The number of benzene rings is 1. The fourth-order valence-electron chi connectivity index (χ4n) is 3.07. The van der Waals surface area contributed by atoms with E-state index in [1.807, 2.05) is 23.1 Å². The first-order chi connectivity index (χ1) is 12.8. The van der Waals surface area contributed by atoms with Crippen molar-refractivity contribution in [2.24, 2.45) is 0 Å². The van der Waals surface area contributed by atoms with Crippen LogP contribution in [-0.4, -0.2) is 47.0 Å². The highest BCUT2D eigenvalue weighted by atomic mass is 16.5. The smallest absolute Gasteiger partial charge is 0.222 e.